The fraction of sp³-hybridized carbons (Fsp3) is 0.0909. The van der Waals surface area contributed by atoms with E-state index in [1.807, 2.05) is 36.4 Å². The maximum Gasteiger partial charge on any atom is 0.363 e. The lowest BCUT2D eigenvalue weighted by Crippen LogP contribution is -2.06. The topological polar surface area (TPSA) is 91.0 Å². The molecule has 0 unspecified atom stereocenters. The molecule has 0 aromatic heterocycles. The van der Waals surface area contributed by atoms with Crippen LogP contribution in [-0.2, 0) is 9.53 Å². The molecule has 0 saturated heterocycles. The molecule has 0 radical (unpaired) electrons. The molecule has 1 aliphatic rings. The van der Waals surface area contributed by atoms with Crippen LogP contribution in [0, 0.1) is 17.0 Å². The van der Waals surface area contributed by atoms with Crippen LogP contribution in [0.2, 0.25) is 0 Å². The molecule has 0 fully saturated rings. The molecule has 7 nitrogen and oxygen atoms in total. The number of nitrogens with zero attached hydrogens (tertiary/aromatic N) is 2. The van der Waals surface area contributed by atoms with Gasteiger partial charge in [0.1, 0.15) is 5.75 Å². The molecule has 0 N–H and O–H groups in total. The van der Waals surface area contributed by atoms with Crippen molar-refractivity contribution < 1.29 is 19.2 Å². The molecule has 144 valence electrons. The summed E-state index contributed by atoms with van der Waals surface area (Å²) in [6, 6.07) is 16.1. The molecule has 29 heavy (non-hydrogen) atoms. The first-order chi connectivity index (χ1) is 14.0. The number of esters is 1. The van der Waals surface area contributed by atoms with E-state index in [0.29, 0.717) is 22.4 Å². The predicted molar refractivity (Wildman–Crippen MR) is 109 cm³/mol. The van der Waals surface area contributed by atoms with E-state index in [2.05, 4.69) is 4.99 Å². The van der Waals surface area contributed by atoms with Gasteiger partial charge in [-0.1, -0.05) is 36.4 Å². The van der Waals surface area contributed by atoms with Gasteiger partial charge < -0.3 is 9.47 Å². The summed E-state index contributed by atoms with van der Waals surface area (Å²) in [4.78, 5) is 27.4. The Bertz CT molecular complexity index is 1230. The average Bonchev–Trinajstić information content (AvgIpc) is 3.08. The molecule has 0 amide bonds. The fourth-order valence-corrected chi connectivity index (χ4v) is 3.21. The summed E-state index contributed by atoms with van der Waals surface area (Å²) in [7, 11) is 1.55. The molecule has 0 bridgehead atoms. The van der Waals surface area contributed by atoms with Crippen LogP contribution in [-0.4, -0.2) is 23.9 Å². The summed E-state index contributed by atoms with van der Waals surface area (Å²) >= 11 is 0. The molecule has 3 aromatic rings. The Morgan fingerprint density at radius 1 is 1.14 bits per heavy atom. The second kappa shape index (κ2) is 7.20. The van der Waals surface area contributed by atoms with Crippen molar-refractivity contribution >= 4 is 34.4 Å². The van der Waals surface area contributed by atoms with E-state index in [-0.39, 0.29) is 17.3 Å². The maximum absolute atomic E-state index is 12.4. The number of rotatable bonds is 4. The Hall–Kier alpha value is -4.00. The zero-order valence-corrected chi connectivity index (χ0v) is 15.7. The summed E-state index contributed by atoms with van der Waals surface area (Å²) in [5.74, 6) is 0.000363. The van der Waals surface area contributed by atoms with Crippen LogP contribution in [0.5, 0.6) is 5.75 Å². The van der Waals surface area contributed by atoms with E-state index in [1.165, 1.54) is 6.07 Å². The van der Waals surface area contributed by atoms with Gasteiger partial charge in [-0.15, -0.1) is 0 Å². The van der Waals surface area contributed by atoms with Crippen LogP contribution in [0.3, 0.4) is 0 Å². The number of cyclic esters (lactones) is 1. The van der Waals surface area contributed by atoms with Gasteiger partial charge in [-0.2, -0.15) is 0 Å². The van der Waals surface area contributed by atoms with Crippen LogP contribution in [0.4, 0.5) is 5.69 Å². The van der Waals surface area contributed by atoms with Crippen molar-refractivity contribution in [2.75, 3.05) is 7.11 Å². The van der Waals surface area contributed by atoms with Gasteiger partial charge in [0.15, 0.2) is 5.70 Å². The predicted octanol–water partition coefficient (Wildman–Crippen LogP) is 4.41. The molecule has 0 spiro atoms. The number of nitro benzene ring substituents is 1. The first-order valence-electron chi connectivity index (χ1n) is 8.81. The van der Waals surface area contributed by atoms with Crippen molar-refractivity contribution in [1.82, 2.24) is 0 Å². The minimum atomic E-state index is -0.627. The number of benzene rings is 3. The van der Waals surface area contributed by atoms with Gasteiger partial charge in [-0.3, -0.25) is 10.1 Å². The Labute approximate surface area is 166 Å². The number of carbonyl (C=O) groups is 1. The molecular formula is C22H16N2O5. The highest BCUT2D eigenvalue weighted by Crippen LogP contribution is 2.32. The third kappa shape index (κ3) is 3.34. The number of aryl methyl sites for hydroxylation is 1. The van der Waals surface area contributed by atoms with E-state index >= 15 is 0 Å². The number of carbonyl (C=O) groups excluding carboxylic acids is 1. The van der Waals surface area contributed by atoms with Crippen LogP contribution in [0.25, 0.3) is 16.8 Å². The van der Waals surface area contributed by atoms with Gasteiger partial charge in [0.05, 0.1) is 12.0 Å². The summed E-state index contributed by atoms with van der Waals surface area (Å²) in [6.07, 6.45) is 1.61. The van der Waals surface area contributed by atoms with E-state index in [1.54, 1.807) is 32.2 Å². The van der Waals surface area contributed by atoms with Gasteiger partial charge in [0.2, 0.25) is 5.90 Å². The van der Waals surface area contributed by atoms with Gasteiger partial charge >= 0.3 is 5.97 Å². The highest BCUT2D eigenvalue weighted by Gasteiger charge is 2.26. The van der Waals surface area contributed by atoms with Gasteiger partial charge in [-0.05, 0) is 35.9 Å². The number of fused-ring (bicyclic) bond motifs is 1. The number of nitro groups is 1. The van der Waals surface area contributed by atoms with E-state index in [4.69, 9.17) is 9.47 Å². The summed E-state index contributed by atoms with van der Waals surface area (Å²) in [5.41, 5.74) is 1.62. The van der Waals surface area contributed by atoms with Crippen LogP contribution >= 0.6 is 0 Å². The lowest BCUT2D eigenvalue weighted by atomic mass is 10.0. The highest BCUT2D eigenvalue weighted by atomic mass is 16.6. The minimum Gasteiger partial charge on any atom is -0.496 e. The van der Waals surface area contributed by atoms with Crippen molar-refractivity contribution in [1.29, 1.82) is 0 Å². The lowest BCUT2D eigenvalue weighted by Gasteiger charge is -2.08. The van der Waals surface area contributed by atoms with Crippen molar-refractivity contribution in [2.45, 2.75) is 6.92 Å². The van der Waals surface area contributed by atoms with Crippen molar-refractivity contribution in [3.63, 3.8) is 0 Å². The number of hydrogen-bond donors (Lipinski definition) is 0. The zero-order valence-electron chi connectivity index (χ0n) is 15.7. The molecule has 7 heteroatoms. The van der Waals surface area contributed by atoms with Crippen molar-refractivity contribution in [3.8, 4) is 5.75 Å². The minimum absolute atomic E-state index is 0.0311. The number of hydrogen-bond acceptors (Lipinski definition) is 6. The number of aliphatic imine (C=N–C) groups is 1. The monoisotopic (exact) mass is 388 g/mol. The molecule has 1 aliphatic heterocycles. The third-order valence-electron chi connectivity index (χ3n) is 4.70. The second-order valence-electron chi connectivity index (χ2n) is 6.50. The van der Waals surface area contributed by atoms with Crippen LogP contribution in [0.1, 0.15) is 16.7 Å². The molecular weight excluding hydrogens is 372 g/mol. The van der Waals surface area contributed by atoms with Crippen molar-refractivity contribution in [3.05, 3.63) is 87.1 Å². The van der Waals surface area contributed by atoms with E-state index in [0.717, 1.165) is 10.8 Å². The Morgan fingerprint density at radius 2 is 1.93 bits per heavy atom. The smallest absolute Gasteiger partial charge is 0.363 e. The van der Waals surface area contributed by atoms with Crippen LogP contribution < -0.4 is 4.74 Å². The van der Waals surface area contributed by atoms with Crippen LogP contribution in [0.15, 0.2) is 65.3 Å². The van der Waals surface area contributed by atoms with Crippen molar-refractivity contribution in [2.24, 2.45) is 4.99 Å². The maximum atomic E-state index is 12.4. The molecule has 0 aliphatic carbocycles. The number of methoxy groups -OCH3 is 1. The fourth-order valence-electron chi connectivity index (χ4n) is 3.21. The third-order valence-corrected chi connectivity index (χ3v) is 4.70. The quantitative estimate of drug-likeness (QED) is 0.286. The second-order valence-corrected chi connectivity index (χ2v) is 6.50. The normalized spacial score (nSPS) is 14.8. The standard InChI is InChI=1S/C22H16N2O5/c1-13-7-8-15(11-19(13)24(26)27)21-23-18(22(25)29-21)12-17-16-6-4-3-5-14(16)9-10-20(17)28-2/h3-12H,1-2H3/b18-12+. The summed E-state index contributed by atoms with van der Waals surface area (Å²) in [6.45, 7) is 1.64. The Kier molecular flexibility index (Phi) is 4.56. The molecule has 1 heterocycles. The average molecular weight is 388 g/mol. The van der Waals surface area contributed by atoms with Gasteiger partial charge in [-0.25, -0.2) is 9.79 Å². The first kappa shape index (κ1) is 18.4. The molecule has 0 atom stereocenters. The summed E-state index contributed by atoms with van der Waals surface area (Å²) in [5, 5.41) is 13.1. The molecule has 0 saturated carbocycles. The Morgan fingerprint density at radius 3 is 2.69 bits per heavy atom. The van der Waals surface area contributed by atoms with E-state index in [9.17, 15) is 14.9 Å². The first-order valence-corrected chi connectivity index (χ1v) is 8.81. The number of ether oxygens (including phenoxy) is 2. The van der Waals surface area contributed by atoms with Gasteiger partial charge in [0.25, 0.3) is 5.69 Å². The SMILES string of the molecule is COc1ccc2ccccc2c1/C=C1/N=C(c2ccc(C)c([N+](=O)[O-])c2)OC1=O. The Balaban J connectivity index is 1.81. The van der Waals surface area contributed by atoms with Gasteiger partial charge in [0, 0.05) is 22.8 Å². The largest absolute Gasteiger partial charge is 0.496 e. The lowest BCUT2D eigenvalue weighted by molar-refractivity contribution is -0.385. The summed E-state index contributed by atoms with van der Waals surface area (Å²) < 4.78 is 10.7. The highest BCUT2D eigenvalue weighted by molar-refractivity contribution is 6.13. The molecule has 4 rings (SSSR count). The van der Waals surface area contributed by atoms with E-state index < -0.39 is 10.9 Å². The zero-order chi connectivity index (χ0) is 20.5. The molecule has 3 aromatic carbocycles.